The molecule has 7 nitrogen and oxygen atoms in total. The van der Waals surface area contributed by atoms with Gasteiger partial charge in [-0.15, -0.1) is 0 Å². The number of hydrogen-bond acceptors (Lipinski definition) is 5. The quantitative estimate of drug-likeness (QED) is 0.345. The number of piperidine rings is 1. The molecular weight excluding hydrogens is 468 g/mol. The van der Waals surface area contributed by atoms with Crippen molar-refractivity contribution in [3.63, 3.8) is 0 Å². The predicted octanol–water partition coefficient (Wildman–Crippen LogP) is 5.53. The van der Waals surface area contributed by atoms with Crippen LogP contribution < -0.4 is 4.74 Å². The van der Waals surface area contributed by atoms with Gasteiger partial charge in [-0.2, -0.15) is 0 Å². The second-order valence-electron chi connectivity index (χ2n) is 10.1. The number of rotatable bonds is 11. The van der Waals surface area contributed by atoms with Crippen LogP contribution in [0.15, 0.2) is 54.7 Å². The molecule has 0 radical (unpaired) electrons. The maximum atomic E-state index is 11.4. The van der Waals surface area contributed by atoms with E-state index in [1.807, 2.05) is 6.07 Å². The molecule has 0 spiro atoms. The molecule has 2 aliphatic rings. The Morgan fingerprint density at radius 3 is 2.54 bits per heavy atom. The minimum absolute atomic E-state index is 0.0202. The lowest BCUT2D eigenvalue weighted by molar-refractivity contribution is -0.181. The molecule has 3 aromatic rings. The van der Waals surface area contributed by atoms with Gasteiger partial charge in [-0.05, 0) is 81.3 Å². The maximum absolute atomic E-state index is 11.4. The largest absolute Gasteiger partial charge is 0.491 e. The van der Waals surface area contributed by atoms with Crippen LogP contribution in [0.2, 0.25) is 0 Å². The van der Waals surface area contributed by atoms with E-state index in [2.05, 4.69) is 39.9 Å². The monoisotopic (exact) mass is 506 g/mol. The second-order valence-corrected chi connectivity index (χ2v) is 10.1. The Hall–Kier alpha value is -2.87. The minimum atomic E-state index is -0.956. The van der Waals surface area contributed by atoms with Crippen molar-refractivity contribution in [2.45, 2.75) is 57.3 Å². The third kappa shape index (κ3) is 6.53. The Morgan fingerprint density at radius 2 is 1.73 bits per heavy atom. The van der Waals surface area contributed by atoms with E-state index >= 15 is 0 Å². The van der Waals surface area contributed by atoms with Crippen LogP contribution in [0.5, 0.6) is 5.75 Å². The van der Waals surface area contributed by atoms with E-state index in [0.717, 1.165) is 77.9 Å². The molecule has 1 N–H and O–H groups in total. The summed E-state index contributed by atoms with van der Waals surface area (Å²) in [5.74, 6) is 0.0411. The molecule has 2 fully saturated rings. The first-order chi connectivity index (χ1) is 18.2. The van der Waals surface area contributed by atoms with E-state index in [4.69, 9.17) is 14.2 Å². The van der Waals surface area contributed by atoms with Gasteiger partial charge in [-0.25, -0.2) is 4.79 Å². The summed E-state index contributed by atoms with van der Waals surface area (Å²) in [4.78, 5) is 13.8. The molecular formula is C30H38N2O5. The van der Waals surface area contributed by atoms with Gasteiger partial charge in [0.15, 0.2) is 6.29 Å². The summed E-state index contributed by atoms with van der Waals surface area (Å²) < 4.78 is 19.6. The van der Waals surface area contributed by atoms with Crippen LogP contribution >= 0.6 is 0 Å². The van der Waals surface area contributed by atoms with Crippen molar-refractivity contribution in [2.24, 2.45) is 0 Å². The van der Waals surface area contributed by atoms with Crippen LogP contribution in [0.3, 0.4) is 0 Å². The first-order valence-corrected chi connectivity index (χ1v) is 13.7. The number of benzene rings is 2. The lowest BCUT2D eigenvalue weighted by atomic mass is 9.89. The highest BCUT2D eigenvalue weighted by atomic mass is 16.7. The number of likely N-dealkylation sites (tertiary alicyclic amines) is 1. The van der Waals surface area contributed by atoms with Gasteiger partial charge in [0.2, 0.25) is 0 Å². The zero-order valence-electron chi connectivity index (χ0n) is 21.5. The Kier molecular flexibility index (Phi) is 8.76. The number of carboxylic acid groups (broad SMARTS) is 1. The summed E-state index contributed by atoms with van der Waals surface area (Å²) in [5, 5.41) is 10.7. The number of carboxylic acids is 1. The SMILES string of the molecule is O=C(O)c1ccccc1OCCN1CCC(c2cn(CCCCC3OCCCO3)c3ccccc23)CC1. The fraction of sp³-hybridized carbons (Fsp3) is 0.500. The minimum Gasteiger partial charge on any atom is -0.491 e. The zero-order valence-corrected chi connectivity index (χ0v) is 21.5. The van der Waals surface area contributed by atoms with Crippen molar-refractivity contribution < 1.29 is 24.1 Å². The van der Waals surface area contributed by atoms with Gasteiger partial charge in [-0.3, -0.25) is 4.90 Å². The number of aryl methyl sites for hydroxylation is 1. The summed E-state index contributed by atoms with van der Waals surface area (Å²) in [5.41, 5.74) is 3.02. The van der Waals surface area contributed by atoms with Crippen LogP contribution in [0, 0.1) is 0 Å². The maximum Gasteiger partial charge on any atom is 0.339 e. The molecule has 0 aliphatic carbocycles. The number of ether oxygens (including phenoxy) is 3. The van der Waals surface area contributed by atoms with Crippen LogP contribution in [-0.2, 0) is 16.0 Å². The number of carbonyl (C=O) groups is 1. The van der Waals surface area contributed by atoms with Gasteiger partial charge < -0.3 is 23.9 Å². The summed E-state index contributed by atoms with van der Waals surface area (Å²) in [6.07, 6.45) is 8.80. The van der Waals surface area contributed by atoms with Crippen molar-refractivity contribution in [3.05, 3.63) is 65.9 Å². The van der Waals surface area contributed by atoms with E-state index in [9.17, 15) is 9.90 Å². The second kappa shape index (κ2) is 12.6. The van der Waals surface area contributed by atoms with Gasteiger partial charge in [0.05, 0.1) is 13.2 Å². The highest BCUT2D eigenvalue weighted by molar-refractivity contribution is 5.90. The summed E-state index contributed by atoms with van der Waals surface area (Å²) in [6.45, 7) is 6.00. The normalized spacial score (nSPS) is 17.8. The Balaban J connectivity index is 1.12. The van der Waals surface area contributed by atoms with E-state index in [1.54, 1.807) is 18.2 Å². The average molecular weight is 507 g/mol. The Bertz CT molecular complexity index is 1160. The lowest BCUT2D eigenvalue weighted by Gasteiger charge is -2.31. The molecule has 2 aromatic carbocycles. The Morgan fingerprint density at radius 1 is 0.973 bits per heavy atom. The highest BCUT2D eigenvalue weighted by Crippen LogP contribution is 2.34. The number of fused-ring (bicyclic) bond motifs is 1. The van der Waals surface area contributed by atoms with Crippen molar-refractivity contribution in [3.8, 4) is 5.75 Å². The average Bonchev–Trinajstić information content (AvgIpc) is 3.31. The third-order valence-electron chi connectivity index (χ3n) is 7.61. The van der Waals surface area contributed by atoms with Crippen LogP contribution in [0.4, 0.5) is 0 Å². The number of para-hydroxylation sites is 2. The number of hydrogen-bond donors (Lipinski definition) is 1. The number of aromatic carboxylic acids is 1. The van der Waals surface area contributed by atoms with Gasteiger partial charge in [-0.1, -0.05) is 30.3 Å². The van der Waals surface area contributed by atoms with E-state index in [1.165, 1.54) is 16.5 Å². The fourth-order valence-corrected chi connectivity index (χ4v) is 5.60. The third-order valence-corrected chi connectivity index (χ3v) is 7.61. The van der Waals surface area contributed by atoms with Crippen LogP contribution in [-0.4, -0.2) is 66.3 Å². The predicted molar refractivity (Wildman–Crippen MR) is 143 cm³/mol. The number of unbranched alkanes of at least 4 members (excludes halogenated alkanes) is 1. The van der Waals surface area contributed by atoms with Crippen molar-refractivity contribution in [2.75, 3.05) is 39.5 Å². The van der Waals surface area contributed by atoms with E-state index in [-0.39, 0.29) is 11.9 Å². The molecule has 0 saturated carbocycles. The molecule has 3 heterocycles. The van der Waals surface area contributed by atoms with Gasteiger partial charge in [0, 0.05) is 30.2 Å². The zero-order chi connectivity index (χ0) is 25.5. The smallest absolute Gasteiger partial charge is 0.339 e. The first kappa shape index (κ1) is 25.8. The fourth-order valence-electron chi connectivity index (χ4n) is 5.60. The number of nitrogens with zero attached hydrogens (tertiary/aromatic N) is 2. The Labute approximate surface area is 218 Å². The molecule has 0 amide bonds. The van der Waals surface area contributed by atoms with Crippen molar-refractivity contribution in [1.82, 2.24) is 9.47 Å². The van der Waals surface area contributed by atoms with Crippen molar-refractivity contribution >= 4 is 16.9 Å². The lowest BCUT2D eigenvalue weighted by Crippen LogP contribution is -2.35. The van der Waals surface area contributed by atoms with Gasteiger partial charge in [0.25, 0.3) is 0 Å². The number of aromatic nitrogens is 1. The molecule has 1 aromatic heterocycles. The van der Waals surface area contributed by atoms with E-state index in [0.29, 0.717) is 18.3 Å². The molecule has 37 heavy (non-hydrogen) atoms. The molecule has 2 aliphatic heterocycles. The van der Waals surface area contributed by atoms with Gasteiger partial charge in [0.1, 0.15) is 17.9 Å². The molecule has 0 unspecified atom stereocenters. The van der Waals surface area contributed by atoms with Gasteiger partial charge >= 0.3 is 5.97 Å². The molecule has 0 bridgehead atoms. The van der Waals surface area contributed by atoms with Crippen molar-refractivity contribution in [1.29, 1.82) is 0 Å². The summed E-state index contributed by atoms with van der Waals surface area (Å²) in [6, 6.07) is 15.6. The highest BCUT2D eigenvalue weighted by Gasteiger charge is 2.24. The molecule has 198 valence electrons. The topological polar surface area (TPSA) is 73.2 Å². The molecule has 5 rings (SSSR count). The first-order valence-electron chi connectivity index (χ1n) is 13.7. The summed E-state index contributed by atoms with van der Waals surface area (Å²) in [7, 11) is 0. The molecule has 7 heteroatoms. The van der Waals surface area contributed by atoms with Crippen LogP contribution in [0.1, 0.15) is 60.4 Å². The van der Waals surface area contributed by atoms with E-state index < -0.39 is 5.97 Å². The summed E-state index contributed by atoms with van der Waals surface area (Å²) >= 11 is 0. The standard InChI is InChI=1S/C30H38N2O5/c33-30(34)25-9-2-4-11-28(25)35-21-18-31-16-13-23(14-17-31)26-22-32(27-10-3-1-8-24(26)27)15-6-5-12-29-36-19-7-20-37-29/h1-4,8-11,22-23,29H,5-7,12-21H2,(H,33,34). The van der Waals surface area contributed by atoms with Crippen LogP contribution in [0.25, 0.3) is 10.9 Å². The molecule has 2 saturated heterocycles. The molecule has 0 atom stereocenters.